The molecular weight excluding hydrogens is 674 g/mol. The molecule has 4 aromatic heterocycles. The third-order valence-corrected chi connectivity index (χ3v) is 7.58. The lowest BCUT2D eigenvalue weighted by Crippen LogP contribution is -2.49. The number of aryl methyl sites for hydroxylation is 1. The zero-order valence-corrected chi connectivity index (χ0v) is 28.0. The lowest BCUT2D eigenvalue weighted by Gasteiger charge is -2.44. The largest absolute Gasteiger partial charge is 0.482 e. The second-order valence-electron chi connectivity index (χ2n) is 11.3. The topological polar surface area (TPSA) is 276 Å². The van der Waals surface area contributed by atoms with Crippen LogP contribution in [0, 0.1) is 22.5 Å². The molecule has 51 heavy (non-hydrogen) atoms. The number of H-pyrrole nitrogens is 3. The molecule has 1 unspecified atom stereocenters. The van der Waals surface area contributed by atoms with E-state index in [4.69, 9.17) is 24.4 Å². The lowest BCUT2D eigenvalue weighted by atomic mass is 9.79. The minimum Gasteiger partial charge on any atom is -0.482 e. The molecular formula is C32H35N7O12. The van der Waals surface area contributed by atoms with Crippen LogP contribution in [0.2, 0.25) is 0 Å². The van der Waals surface area contributed by atoms with E-state index in [-0.39, 0.29) is 51.5 Å². The minimum absolute atomic E-state index is 0.0442. The molecule has 1 atom stereocenters. The molecule has 0 bridgehead atoms. The molecule has 0 radical (unpaired) electrons. The molecule has 1 saturated heterocycles. The molecule has 0 spiro atoms. The first-order valence-electron chi connectivity index (χ1n) is 14.9. The minimum atomic E-state index is -0.764. The van der Waals surface area contributed by atoms with Crippen molar-refractivity contribution in [1.29, 1.82) is 0 Å². The van der Waals surface area contributed by atoms with E-state index >= 15 is 0 Å². The maximum Gasteiger partial charge on any atom is 0.334 e. The van der Waals surface area contributed by atoms with Crippen LogP contribution in [0.25, 0.3) is 0 Å². The number of methoxy groups -OCH3 is 3. The van der Waals surface area contributed by atoms with Crippen molar-refractivity contribution in [3.05, 3.63) is 122 Å². The fraction of sp³-hybridized carbons (Fsp3) is 0.281. The van der Waals surface area contributed by atoms with Crippen LogP contribution in [0.4, 0.5) is 28.4 Å². The second-order valence-corrected chi connectivity index (χ2v) is 11.3. The molecule has 7 N–H and O–H groups in total. The van der Waals surface area contributed by atoms with Gasteiger partial charge in [-0.15, -0.1) is 0 Å². The zero-order valence-electron chi connectivity index (χ0n) is 28.0. The van der Waals surface area contributed by atoms with Gasteiger partial charge in [0.2, 0.25) is 0 Å². The first-order valence-corrected chi connectivity index (χ1v) is 14.9. The summed E-state index contributed by atoms with van der Waals surface area (Å²) in [6, 6.07) is 11.8. The third-order valence-electron chi connectivity index (χ3n) is 7.58. The van der Waals surface area contributed by atoms with Gasteiger partial charge in [0.05, 0.1) is 51.2 Å². The average Bonchev–Trinajstić information content (AvgIpc) is 3.54. The highest BCUT2D eigenvalue weighted by Gasteiger charge is 2.45. The van der Waals surface area contributed by atoms with Crippen LogP contribution in [-0.4, -0.2) is 54.4 Å². The summed E-state index contributed by atoms with van der Waals surface area (Å²) in [6.45, 7) is 4.82. The van der Waals surface area contributed by atoms with E-state index in [1.807, 2.05) is 26.0 Å². The molecule has 270 valence electrons. The fourth-order valence-electron chi connectivity index (χ4n) is 4.69. The number of nitrogens with one attached hydrogen (secondary N) is 5. The van der Waals surface area contributed by atoms with Crippen molar-refractivity contribution in [3.63, 3.8) is 0 Å². The number of hydrogen-bond acceptors (Lipinski definition) is 15. The summed E-state index contributed by atoms with van der Waals surface area (Å²) in [7, 11) is 4.26. The number of pyridine rings is 3. The normalized spacial score (nSPS) is 13.3. The summed E-state index contributed by atoms with van der Waals surface area (Å²) in [5.74, 6) is 2.29. The molecule has 0 aliphatic carbocycles. The van der Waals surface area contributed by atoms with Gasteiger partial charge in [0.25, 0.3) is 22.0 Å². The number of ether oxygens (including phenoxy) is 4. The van der Waals surface area contributed by atoms with Gasteiger partial charge in [0.15, 0.2) is 17.6 Å². The standard InChI is InChI=1S/C20H21N3O6.C6H6N2O4.C6H8N2O2/c1-10-4-6-12(29-10)18(20(2)8-28-9-20)23-15-14(16(24)17(15)25)21-11-5-7-13(27-3)22-19(11)26;1-12-5-3-2-4(8(10)11)6(9)7-5;1-10-5-3-2-4(7)6(9)8-5/h4-7,18,21,23H,8-9H2,1-3H3,(H,22,26);2-3H,1H3,(H,7,9);2-3H,7H2,1H3,(H,8,9). The Morgan fingerprint density at radius 2 is 1.35 bits per heavy atom. The van der Waals surface area contributed by atoms with Gasteiger partial charge in [-0.1, -0.05) is 6.92 Å². The van der Waals surface area contributed by atoms with E-state index in [0.29, 0.717) is 24.9 Å². The summed E-state index contributed by atoms with van der Waals surface area (Å²) in [6.07, 6.45) is 0. The van der Waals surface area contributed by atoms with Gasteiger partial charge in [-0.05, 0) is 31.2 Å². The Hall–Kier alpha value is -6.63. The van der Waals surface area contributed by atoms with Gasteiger partial charge in [-0.2, -0.15) is 0 Å². The van der Waals surface area contributed by atoms with Gasteiger partial charge in [0.1, 0.15) is 28.6 Å². The number of hydrogen-bond donors (Lipinski definition) is 6. The summed E-state index contributed by atoms with van der Waals surface area (Å²) < 4.78 is 25.5. The molecule has 1 aromatic carbocycles. The van der Waals surface area contributed by atoms with Gasteiger partial charge < -0.3 is 39.7 Å². The number of anilines is 4. The number of nitrogens with zero attached hydrogens (tertiary/aromatic N) is 1. The van der Waals surface area contributed by atoms with Crippen LogP contribution in [0.1, 0.15) is 24.5 Å². The van der Waals surface area contributed by atoms with Gasteiger partial charge in [0, 0.05) is 29.7 Å². The maximum absolute atomic E-state index is 12.3. The molecule has 0 amide bonds. The predicted octanol–water partition coefficient (Wildman–Crippen LogP) is 2.07. The van der Waals surface area contributed by atoms with Crippen LogP contribution >= 0.6 is 0 Å². The van der Waals surface area contributed by atoms with Crippen molar-refractivity contribution in [2.45, 2.75) is 19.9 Å². The van der Waals surface area contributed by atoms with Crippen LogP contribution < -0.4 is 58.1 Å². The number of nitrogens with two attached hydrogens (primary N) is 1. The van der Waals surface area contributed by atoms with Gasteiger partial charge in [-0.3, -0.25) is 49.0 Å². The van der Waals surface area contributed by atoms with E-state index < -0.39 is 32.6 Å². The Kier molecular flexibility index (Phi) is 11.5. The monoisotopic (exact) mass is 709 g/mol. The quantitative estimate of drug-likeness (QED) is 0.0688. The van der Waals surface area contributed by atoms with Crippen molar-refractivity contribution >= 4 is 28.4 Å². The molecule has 5 aromatic rings. The molecule has 19 nitrogen and oxygen atoms in total. The van der Waals surface area contributed by atoms with Crippen molar-refractivity contribution in [2.24, 2.45) is 5.41 Å². The van der Waals surface area contributed by atoms with Crippen LogP contribution in [0.15, 0.2) is 76.9 Å². The number of rotatable bonds is 10. The Bertz CT molecular complexity index is 2260. The Labute approximate surface area is 287 Å². The van der Waals surface area contributed by atoms with Crippen LogP contribution in [0.3, 0.4) is 0 Å². The SMILES string of the molecule is COc1ccc(N)c(=O)[nH]1.COc1ccc(Nc2c(NC(c3ccc(C)o3)C3(C)COC3)c(=O)c2=O)c(=O)[nH]1.COc1ccc([N+](=O)[O-])c(=O)[nH]1. The number of nitro groups is 1. The summed E-state index contributed by atoms with van der Waals surface area (Å²) in [4.78, 5) is 74.8. The molecule has 19 heteroatoms. The summed E-state index contributed by atoms with van der Waals surface area (Å²) in [5, 5.41) is 16.1. The van der Waals surface area contributed by atoms with Crippen LogP contribution in [0.5, 0.6) is 17.6 Å². The predicted molar refractivity (Wildman–Crippen MR) is 185 cm³/mol. The first-order chi connectivity index (χ1) is 24.2. The molecule has 0 saturated carbocycles. The number of nitrogen functional groups attached to an aromatic ring is 1. The van der Waals surface area contributed by atoms with Crippen molar-refractivity contribution in [2.75, 3.05) is 50.9 Å². The molecule has 5 heterocycles. The maximum atomic E-state index is 12.3. The highest BCUT2D eigenvalue weighted by molar-refractivity contribution is 5.79. The molecule has 1 aliphatic rings. The van der Waals surface area contributed by atoms with E-state index in [0.717, 1.165) is 11.8 Å². The first kappa shape index (κ1) is 37.2. The third kappa shape index (κ3) is 8.51. The Balaban J connectivity index is 0.000000217. The Morgan fingerprint density at radius 1 is 0.804 bits per heavy atom. The number of furan rings is 1. The molecule has 1 fully saturated rings. The molecule has 6 rings (SSSR count). The highest BCUT2D eigenvalue weighted by Crippen LogP contribution is 2.43. The summed E-state index contributed by atoms with van der Waals surface area (Å²) >= 11 is 0. The zero-order chi connectivity index (χ0) is 37.5. The van der Waals surface area contributed by atoms with Crippen molar-refractivity contribution in [1.82, 2.24) is 15.0 Å². The Morgan fingerprint density at radius 3 is 1.82 bits per heavy atom. The molecule has 1 aliphatic heterocycles. The number of aromatic nitrogens is 3. The summed E-state index contributed by atoms with van der Waals surface area (Å²) in [5.41, 5.74) is 2.05. The van der Waals surface area contributed by atoms with Crippen molar-refractivity contribution in [3.8, 4) is 17.6 Å². The number of aromatic amines is 3. The van der Waals surface area contributed by atoms with Crippen molar-refractivity contribution < 1.29 is 28.3 Å². The van der Waals surface area contributed by atoms with Gasteiger partial charge in [-0.25, -0.2) is 0 Å². The highest BCUT2D eigenvalue weighted by atomic mass is 16.6. The van der Waals surface area contributed by atoms with Gasteiger partial charge >= 0.3 is 11.2 Å². The second kappa shape index (κ2) is 15.7. The van der Waals surface area contributed by atoms with E-state index in [9.17, 15) is 34.1 Å². The average molecular weight is 710 g/mol. The van der Waals surface area contributed by atoms with E-state index in [1.165, 1.54) is 39.5 Å². The van der Waals surface area contributed by atoms with E-state index in [2.05, 4.69) is 30.3 Å². The smallest absolute Gasteiger partial charge is 0.334 e. The van der Waals surface area contributed by atoms with E-state index in [1.54, 1.807) is 12.1 Å². The fourth-order valence-corrected chi connectivity index (χ4v) is 4.69. The van der Waals surface area contributed by atoms with Crippen LogP contribution in [-0.2, 0) is 4.74 Å². The lowest BCUT2D eigenvalue weighted by molar-refractivity contribution is -0.386.